The average Bonchev–Trinajstić information content (AvgIpc) is 2.27. The number of sulfonamides is 1. The Morgan fingerprint density at radius 3 is 2.53 bits per heavy atom. The predicted octanol–water partition coefficient (Wildman–Crippen LogP) is 3.15. The van der Waals surface area contributed by atoms with Crippen LogP contribution in [0, 0.1) is 13.8 Å². The van der Waals surface area contributed by atoms with Crippen molar-refractivity contribution >= 4 is 27.4 Å². The molecule has 0 atom stereocenters. The molecule has 0 spiro atoms. The molecule has 1 aromatic carbocycles. The van der Waals surface area contributed by atoms with Gasteiger partial charge in [-0.05, 0) is 37.6 Å². The minimum Gasteiger partial charge on any atom is -0.263 e. The van der Waals surface area contributed by atoms with Crippen LogP contribution in [0.5, 0.6) is 0 Å². The maximum Gasteiger partial charge on any atom is 0.263 e. The number of anilines is 1. The lowest BCUT2D eigenvalue weighted by Crippen LogP contribution is -2.15. The fourth-order valence-corrected chi connectivity index (χ4v) is 3.15. The van der Waals surface area contributed by atoms with Gasteiger partial charge in [0.15, 0.2) is 0 Å². The number of halogens is 1. The third kappa shape index (κ3) is 3.24. The summed E-state index contributed by atoms with van der Waals surface area (Å²) in [4.78, 5) is 4.14. The summed E-state index contributed by atoms with van der Waals surface area (Å²) < 4.78 is 26.9. The molecule has 0 saturated carbocycles. The summed E-state index contributed by atoms with van der Waals surface area (Å²) in [7, 11) is -3.65. The van der Waals surface area contributed by atoms with E-state index in [0.29, 0.717) is 5.56 Å². The van der Waals surface area contributed by atoms with Gasteiger partial charge >= 0.3 is 0 Å². The van der Waals surface area contributed by atoms with Gasteiger partial charge in [0.1, 0.15) is 11.0 Å². The number of rotatable bonds is 3. The van der Waals surface area contributed by atoms with Gasteiger partial charge in [0.2, 0.25) is 0 Å². The first-order chi connectivity index (χ1) is 8.88. The Morgan fingerprint density at radius 2 is 1.89 bits per heavy atom. The Labute approximate surface area is 117 Å². The van der Waals surface area contributed by atoms with Crippen LogP contribution in [0.1, 0.15) is 11.1 Å². The summed E-state index contributed by atoms with van der Waals surface area (Å²) in [5.74, 6) is 0.201. The molecule has 0 aliphatic carbocycles. The van der Waals surface area contributed by atoms with E-state index in [9.17, 15) is 8.42 Å². The fraction of sp³-hybridized carbons (Fsp3) is 0.154. The van der Waals surface area contributed by atoms with Gasteiger partial charge in [-0.2, -0.15) is 0 Å². The van der Waals surface area contributed by atoms with Gasteiger partial charge in [0.25, 0.3) is 10.0 Å². The van der Waals surface area contributed by atoms with Gasteiger partial charge in [-0.1, -0.05) is 35.4 Å². The predicted molar refractivity (Wildman–Crippen MR) is 76.0 cm³/mol. The third-order valence-electron chi connectivity index (χ3n) is 2.57. The van der Waals surface area contributed by atoms with Gasteiger partial charge in [-0.25, -0.2) is 13.4 Å². The molecule has 0 unspecified atom stereocenters. The van der Waals surface area contributed by atoms with E-state index in [1.807, 2.05) is 13.0 Å². The van der Waals surface area contributed by atoms with E-state index in [2.05, 4.69) is 9.71 Å². The number of benzene rings is 1. The zero-order valence-corrected chi connectivity index (χ0v) is 12.1. The molecule has 1 N–H and O–H groups in total. The molecule has 6 heteroatoms. The van der Waals surface area contributed by atoms with Gasteiger partial charge in [0.05, 0.1) is 4.90 Å². The highest BCUT2D eigenvalue weighted by atomic mass is 35.5. The van der Waals surface area contributed by atoms with Crippen molar-refractivity contribution in [2.45, 2.75) is 18.7 Å². The third-order valence-corrected chi connectivity index (χ3v) is 4.30. The number of hydrogen-bond acceptors (Lipinski definition) is 3. The second kappa shape index (κ2) is 5.19. The summed E-state index contributed by atoms with van der Waals surface area (Å²) in [6.45, 7) is 3.67. The van der Waals surface area contributed by atoms with Gasteiger partial charge in [0, 0.05) is 0 Å². The molecule has 0 bridgehead atoms. The van der Waals surface area contributed by atoms with E-state index >= 15 is 0 Å². The standard InChI is InChI=1S/C13H13ClN2O2S/c1-9-6-7-11(10(2)8-9)19(17,18)16-13-5-3-4-12(14)15-13/h3-8H,1-2H3,(H,15,16). The molecule has 2 rings (SSSR count). The van der Waals surface area contributed by atoms with Crippen LogP contribution in [0.3, 0.4) is 0 Å². The molecule has 0 saturated heterocycles. The highest BCUT2D eigenvalue weighted by Crippen LogP contribution is 2.20. The molecule has 0 amide bonds. The summed E-state index contributed by atoms with van der Waals surface area (Å²) in [5, 5.41) is 0.237. The minimum atomic E-state index is -3.65. The summed E-state index contributed by atoms with van der Waals surface area (Å²) in [6, 6.07) is 9.92. The molecule has 4 nitrogen and oxygen atoms in total. The van der Waals surface area contributed by atoms with Gasteiger partial charge in [-0.3, -0.25) is 4.72 Å². The molecular weight excluding hydrogens is 284 g/mol. The lowest BCUT2D eigenvalue weighted by molar-refractivity contribution is 0.600. The van der Waals surface area contributed by atoms with Crippen LogP contribution in [-0.4, -0.2) is 13.4 Å². The summed E-state index contributed by atoms with van der Waals surface area (Å²) in [5.41, 5.74) is 1.70. The van der Waals surface area contributed by atoms with Crippen molar-refractivity contribution in [1.82, 2.24) is 4.98 Å². The Hall–Kier alpha value is -1.59. The van der Waals surface area contributed by atoms with Gasteiger partial charge < -0.3 is 0 Å². The van der Waals surface area contributed by atoms with Crippen molar-refractivity contribution < 1.29 is 8.42 Å². The molecule has 1 aromatic heterocycles. The molecule has 0 radical (unpaired) electrons. The molecule has 0 aliphatic rings. The number of aryl methyl sites for hydroxylation is 2. The summed E-state index contributed by atoms with van der Waals surface area (Å²) in [6.07, 6.45) is 0. The van der Waals surface area contributed by atoms with Crippen molar-refractivity contribution in [2.24, 2.45) is 0 Å². The zero-order chi connectivity index (χ0) is 14.0. The second-order valence-corrected chi connectivity index (χ2v) is 6.26. The van der Waals surface area contributed by atoms with Gasteiger partial charge in [-0.15, -0.1) is 0 Å². The lowest BCUT2D eigenvalue weighted by atomic mass is 10.2. The van der Waals surface area contributed by atoms with Crippen LogP contribution in [0.25, 0.3) is 0 Å². The largest absolute Gasteiger partial charge is 0.263 e. The van der Waals surface area contributed by atoms with E-state index in [-0.39, 0.29) is 15.9 Å². The number of hydrogen-bond donors (Lipinski definition) is 1. The SMILES string of the molecule is Cc1ccc(S(=O)(=O)Nc2cccc(Cl)n2)c(C)c1. The number of nitrogens with one attached hydrogen (secondary N) is 1. The topological polar surface area (TPSA) is 59.1 Å². The van der Waals surface area contributed by atoms with Crippen molar-refractivity contribution in [3.05, 3.63) is 52.7 Å². The quantitative estimate of drug-likeness (QED) is 0.885. The second-order valence-electron chi connectivity index (χ2n) is 4.22. The molecule has 19 heavy (non-hydrogen) atoms. The fourth-order valence-electron chi connectivity index (χ4n) is 1.76. The number of aromatic nitrogens is 1. The van der Waals surface area contributed by atoms with E-state index in [1.54, 1.807) is 37.3 Å². The number of pyridine rings is 1. The first-order valence-electron chi connectivity index (χ1n) is 5.61. The van der Waals surface area contributed by atoms with E-state index < -0.39 is 10.0 Å². The Kier molecular flexibility index (Phi) is 3.78. The highest BCUT2D eigenvalue weighted by Gasteiger charge is 2.17. The van der Waals surface area contributed by atoms with Crippen LogP contribution >= 0.6 is 11.6 Å². The minimum absolute atomic E-state index is 0.201. The maximum absolute atomic E-state index is 12.3. The van der Waals surface area contributed by atoms with E-state index in [4.69, 9.17) is 11.6 Å². The van der Waals surface area contributed by atoms with Crippen LogP contribution in [0.4, 0.5) is 5.82 Å². The molecule has 0 aliphatic heterocycles. The van der Waals surface area contributed by atoms with Crippen molar-refractivity contribution in [2.75, 3.05) is 4.72 Å². The Morgan fingerprint density at radius 1 is 1.16 bits per heavy atom. The van der Waals surface area contributed by atoms with E-state index in [1.165, 1.54) is 0 Å². The molecule has 2 aromatic rings. The normalized spacial score (nSPS) is 11.3. The first-order valence-corrected chi connectivity index (χ1v) is 7.47. The van der Waals surface area contributed by atoms with Crippen molar-refractivity contribution in [1.29, 1.82) is 0 Å². The first kappa shape index (κ1) is 13.8. The monoisotopic (exact) mass is 296 g/mol. The molecule has 0 fully saturated rings. The smallest absolute Gasteiger partial charge is 0.263 e. The van der Waals surface area contributed by atoms with Crippen LogP contribution in [0.2, 0.25) is 5.15 Å². The Balaban J connectivity index is 2.38. The zero-order valence-electron chi connectivity index (χ0n) is 10.5. The molecule has 1 heterocycles. The maximum atomic E-state index is 12.3. The van der Waals surface area contributed by atoms with Crippen LogP contribution in [-0.2, 0) is 10.0 Å². The van der Waals surface area contributed by atoms with Crippen LogP contribution < -0.4 is 4.72 Å². The molecule has 100 valence electrons. The van der Waals surface area contributed by atoms with E-state index in [0.717, 1.165) is 5.56 Å². The van der Waals surface area contributed by atoms with Crippen molar-refractivity contribution in [3.8, 4) is 0 Å². The Bertz CT molecular complexity index is 714. The highest BCUT2D eigenvalue weighted by molar-refractivity contribution is 7.92. The van der Waals surface area contributed by atoms with Crippen molar-refractivity contribution in [3.63, 3.8) is 0 Å². The number of nitrogens with zero attached hydrogens (tertiary/aromatic N) is 1. The lowest BCUT2D eigenvalue weighted by Gasteiger charge is -2.10. The molecular formula is C13H13ClN2O2S. The average molecular weight is 297 g/mol. The summed E-state index contributed by atoms with van der Waals surface area (Å²) >= 11 is 5.73. The van der Waals surface area contributed by atoms with Crippen LogP contribution in [0.15, 0.2) is 41.3 Å².